The molecule has 134 valence electrons. The van der Waals surface area contributed by atoms with Gasteiger partial charge in [-0.2, -0.15) is 10.1 Å². The van der Waals surface area contributed by atoms with E-state index in [9.17, 15) is 9.90 Å². The van der Waals surface area contributed by atoms with Gasteiger partial charge in [-0.3, -0.25) is 9.88 Å². The highest BCUT2D eigenvalue weighted by Crippen LogP contribution is 2.33. The molecule has 1 N–H and O–H groups in total. The van der Waals surface area contributed by atoms with E-state index < -0.39 is 0 Å². The van der Waals surface area contributed by atoms with Crippen molar-refractivity contribution in [2.24, 2.45) is 5.10 Å². The second-order valence-corrected chi connectivity index (χ2v) is 6.74. The number of amides is 2. The lowest BCUT2D eigenvalue weighted by molar-refractivity contribution is 0.251. The molecule has 0 atom stereocenters. The zero-order valence-electron chi connectivity index (χ0n) is 14.2. The zero-order chi connectivity index (χ0) is 18.8. The summed E-state index contributed by atoms with van der Waals surface area (Å²) in [6, 6.07) is 19.3. The Morgan fingerprint density at radius 1 is 0.926 bits per heavy atom. The summed E-state index contributed by atoms with van der Waals surface area (Å²) in [7, 11) is 0. The van der Waals surface area contributed by atoms with Gasteiger partial charge in [0.2, 0.25) is 0 Å². The number of aromatic hydroxyl groups is 1. The van der Waals surface area contributed by atoms with Crippen LogP contribution in [0.2, 0.25) is 0 Å². The smallest absolute Gasteiger partial charge is 0.350 e. The van der Waals surface area contributed by atoms with E-state index in [-0.39, 0.29) is 18.3 Å². The van der Waals surface area contributed by atoms with E-state index in [4.69, 9.17) is 0 Å². The number of phenols is 1. The van der Waals surface area contributed by atoms with Gasteiger partial charge in [0.25, 0.3) is 0 Å². The quantitative estimate of drug-likeness (QED) is 0.679. The van der Waals surface area contributed by atoms with Crippen molar-refractivity contribution in [1.82, 2.24) is 4.98 Å². The summed E-state index contributed by atoms with van der Waals surface area (Å²) in [5.41, 5.74) is 2.32. The maximum Gasteiger partial charge on any atom is 0.350 e. The number of rotatable bonds is 3. The molecule has 3 aromatic rings. The van der Waals surface area contributed by atoms with Gasteiger partial charge in [0.15, 0.2) is 0 Å². The summed E-state index contributed by atoms with van der Waals surface area (Å²) >= 11 is 3.48. The number of halogens is 1. The number of aromatic nitrogens is 1. The largest absolute Gasteiger partial charge is 0.506 e. The number of benzene rings is 2. The lowest BCUT2D eigenvalue weighted by Crippen LogP contribution is -2.49. The molecule has 0 bridgehead atoms. The molecule has 0 radical (unpaired) electrons. The van der Waals surface area contributed by atoms with E-state index in [2.05, 4.69) is 26.0 Å². The Labute approximate surface area is 164 Å². The maximum absolute atomic E-state index is 13.2. The van der Waals surface area contributed by atoms with Gasteiger partial charge in [0.1, 0.15) is 11.5 Å². The third-order valence-corrected chi connectivity index (χ3v) is 4.82. The monoisotopic (exact) mass is 422 g/mol. The number of phenolic OH excluding ortho intramolecular Hbond substituents is 1. The third-order valence-electron chi connectivity index (χ3n) is 4.15. The van der Waals surface area contributed by atoms with E-state index in [1.54, 1.807) is 36.5 Å². The Morgan fingerprint density at radius 3 is 2.33 bits per heavy atom. The van der Waals surface area contributed by atoms with Crippen molar-refractivity contribution in [3.05, 3.63) is 83.1 Å². The number of hydrogen-bond acceptors (Lipinski definition) is 4. The molecule has 1 aliphatic rings. The minimum atomic E-state index is -0.358. The Morgan fingerprint density at radius 2 is 1.63 bits per heavy atom. The molecule has 2 heterocycles. The Hall–Kier alpha value is -3.19. The Bertz CT molecular complexity index is 1020. The minimum absolute atomic E-state index is 0.0280. The fraction of sp³-hybridized carbons (Fsp3) is 0.0500. The van der Waals surface area contributed by atoms with E-state index in [1.165, 1.54) is 9.91 Å². The SMILES string of the molecule is O=C1N(c2ccccc2O)CC(c2ccccn2)=NN1c1ccccc1Br. The van der Waals surface area contributed by atoms with E-state index in [1.807, 2.05) is 36.4 Å². The fourth-order valence-corrected chi connectivity index (χ4v) is 3.31. The van der Waals surface area contributed by atoms with E-state index in [0.29, 0.717) is 22.8 Å². The molecule has 27 heavy (non-hydrogen) atoms. The van der Waals surface area contributed by atoms with Crippen LogP contribution in [0.5, 0.6) is 5.75 Å². The molecule has 0 aliphatic carbocycles. The lowest BCUT2D eigenvalue weighted by atomic mass is 10.2. The van der Waals surface area contributed by atoms with Gasteiger partial charge in [0.05, 0.1) is 23.6 Å². The summed E-state index contributed by atoms with van der Waals surface area (Å²) in [5.74, 6) is 0.0280. The van der Waals surface area contributed by atoms with Crippen molar-refractivity contribution >= 4 is 39.0 Å². The molecule has 0 spiro atoms. The second-order valence-electron chi connectivity index (χ2n) is 5.88. The van der Waals surface area contributed by atoms with Gasteiger partial charge in [-0.15, -0.1) is 0 Å². The van der Waals surface area contributed by atoms with Crippen LogP contribution in [0.4, 0.5) is 16.2 Å². The number of nitrogens with zero attached hydrogens (tertiary/aromatic N) is 4. The number of carbonyl (C=O) groups is 1. The van der Waals surface area contributed by atoms with Crippen molar-refractivity contribution in [1.29, 1.82) is 0 Å². The average Bonchev–Trinajstić information content (AvgIpc) is 2.70. The topological polar surface area (TPSA) is 69.0 Å². The predicted molar refractivity (Wildman–Crippen MR) is 108 cm³/mol. The van der Waals surface area contributed by atoms with Crippen LogP contribution < -0.4 is 9.91 Å². The molecule has 1 aliphatic heterocycles. The van der Waals surface area contributed by atoms with Crippen LogP contribution in [0.25, 0.3) is 0 Å². The van der Waals surface area contributed by atoms with Crippen LogP contribution in [-0.2, 0) is 0 Å². The molecule has 0 saturated heterocycles. The van der Waals surface area contributed by atoms with Crippen LogP contribution in [0.1, 0.15) is 5.69 Å². The van der Waals surface area contributed by atoms with Gasteiger partial charge in [0, 0.05) is 10.7 Å². The minimum Gasteiger partial charge on any atom is -0.506 e. The molecule has 7 heteroatoms. The first-order chi connectivity index (χ1) is 13.1. The molecular formula is C20H15BrN4O2. The van der Waals surface area contributed by atoms with Crippen molar-refractivity contribution in [2.45, 2.75) is 0 Å². The second kappa shape index (κ2) is 7.20. The van der Waals surface area contributed by atoms with Crippen LogP contribution in [-0.4, -0.2) is 28.4 Å². The number of anilines is 2. The molecule has 0 fully saturated rings. The highest BCUT2D eigenvalue weighted by molar-refractivity contribution is 9.10. The summed E-state index contributed by atoms with van der Waals surface area (Å²) in [4.78, 5) is 19.1. The van der Waals surface area contributed by atoms with Crippen molar-refractivity contribution in [3.8, 4) is 5.75 Å². The standard InChI is InChI=1S/C20H15BrN4O2/c21-14-7-1-2-9-17(14)25-20(27)24(18-10-3-4-11-19(18)26)13-16(23-25)15-8-5-6-12-22-15/h1-12,26H,13H2. The van der Waals surface area contributed by atoms with E-state index >= 15 is 0 Å². The Balaban J connectivity index is 1.85. The van der Waals surface area contributed by atoms with Crippen LogP contribution in [0, 0.1) is 0 Å². The molecule has 0 unspecified atom stereocenters. The molecule has 4 rings (SSSR count). The third kappa shape index (κ3) is 3.29. The molecule has 2 aromatic carbocycles. The fourth-order valence-electron chi connectivity index (χ4n) is 2.85. The van der Waals surface area contributed by atoms with Crippen molar-refractivity contribution < 1.29 is 9.90 Å². The van der Waals surface area contributed by atoms with Gasteiger partial charge >= 0.3 is 6.03 Å². The number of para-hydroxylation sites is 3. The summed E-state index contributed by atoms with van der Waals surface area (Å²) in [6.07, 6.45) is 1.68. The zero-order valence-corrected chi connectivity index (χ0v) is 15.7. The van der Waals surface area contributed by atoms with Gasteiger partial charge in [-0.1, -0.05) is 30.3 Å². The van der Waals surface area contributed by atoms with Crippen LogP contribution in [0.15, 0.2) is 82.5 Å². The van der Waals surface area contributed by atoms with Gasteiger partial charge in [-0.25, -0.2) is 4.79 Å². The number of pyridine rings is 1. The number of hydrogen-bond donors (Lipinski definition) is 1. The van der Waals surface area contributed by atoms with E-state index in [0.717, 1.165) is 4.47 Å². The normalized spacial score (nSPS) is 14.3. The summed E-state index contributed by atoms with van der Waals surface area (Å²) < 4.78 is 0.738. The first-order valence-corrected chi connectivity index (χ1v) is 9.07. The highest BCUT2D eigenvalue weighted by atomic mass is 79.9. The predicted octanol–water partition coefficient (Wildman–Crippen LogP) is 4.40. The summed E-state index contributed by atoms with van der Waals surface area (Å²) in [5, 5.41) is 16.1. The van der Waals surface area contributed by atoms with Gasteiger partial charge < -0.3 is 5.11 Å². The van der Waals surface area contributed by atoms with Crippen molar-refractivity contribution in [3.63, 3.8) is 0 Å². The average molecular weight is 423 g/mol. The molecule has 1 aromatic heterocycles. The van der Waals surface area contributed by atoms with Crippen LogP contribution >= 0.6 is 15.9 Å². The maximum atomic E-state index is 13.2. The first-order valence-electron chi connectivity index (χ1n) is 8.28. The van der Waals surface area contributed by atoms with Crippen LogP contribution in [0.3, 0.4) is 0 Å². The molecule has 0 saturated carbocycles. The molecule has 6 nitrogen and oxygen atoms in total. The number of hydrazone groups is 1. The van der Waals surface area contributed by atoms with Crippen molar-refractivity contribution in [2.75, 3.05) is 16.5 Å². The first kappa shape index (κ1) is 17.2. The number of urea groups is 1. The van der Waals surface area contributed by atoms with Gasteiger partial charge in [-0.05, 0) is 52.3 Å². The molecule has 2 amide bonds. The number of carbonyl (C=O) groups excluding carboxylic acids is 1. The highest BCUT2D eigenvalue weighted by Gasteiger charge is 2.33. The summed E-state index contributed by atoms with van der Waals surface area (Å²) in [6.45, 7) is 0.203. The Kier molecular flexibility index (Phi) is 4.60. The lowest BCUT2D eigenvalue weighted by Gasteiger charge is -2.33. The molecular weight excluding hydrogens is 408 g/mol.